The van der Waals surface area contributed by atoms with Crippen LogP contribution in [0.4, 0.5) is 4.39 Å². The molecule has 0 aliphatic carbocycles. The normalized spacial score (nSPS) is 10.3. The summed E-state index contributed by atoms with van der Waals surface area (Å²) in [6.07, 6.45) is 1.19. The fourth-order valence-corrected chi connectivity index (χ4v) is 1.71. The summed E-state index contributed by atoms with van der Waals surface area (Å²) in [6.45, 7) is 3.44. The maximum Gasteiger partial charge on any atom is 0.159 e. The smallest absolute Gasteiger partial charge is 0.159 e. The zero-order chi connectivity index (χ0) is 12.4. The average molecular weight is 229 g/mol. The van der Waals surface area contributed by atoms with Crippen molar-refractivity contribution >= 4 is 5.78 Å². The summed E-state index contributed by atoms with van der Waals surface area (Å²) in [6, 6.07) is 8.43. The molecule has 2 rings (SSSR count). The molecule has 0 amide bonds. The van der Waals surface area contributed by atoms with Crippen LogP contribution in [-0.4, -0.2) is 10.8 Å². The highest BCUT2D eigenvalue weighted by Crippen LogP contribution is 2.22. The minimum absolute atomic E-state index is 0.0340. The third-order valence-electron chi connectivity index (χ3n) is 2.64. The monoisotopic (exact) mass is 229 g/mol. The summed E-state index contributed by atoms with van der Waals surface area (Å²) < 4.78 is 12.8. The van der Waals surface area contributed by atoms with E-state index >= 15 is 0 Å². The second-order valence-corrected chi connectivity index (χ2v) is 3.95. The number of hydrogen-bond donors (Lipinski definition) is 0. The zero-order valence-corrected chi connectivity index (χ0v) is 9.70. The first-order valence-corrected chi connectivity index (χ1v) is 5.31. The van der Waals surface area contributed by atoms with E-state index in [1.54, 1.807) is 12.1 Å². The van der Waals surface area contributed by atoms with Gasteiger partial charge in [-0.1, -0.05) is 12.1 Å². The van der Waals surface area contributed by atoms with E-state index in [1.165, 1.54) is 19.2 Å². The van der Waals surface area contributed by atoms with Gasteiger partial charge in [-0.05, 0) is 37.6 Å². The standard InChI is InChI=1S/C14H12FNO/c1-9-7-11(10(2)17)3-5-13(9)14-6-4-12(15)8-16-14/h3-8H,1-2H3. The number of ketones is 1. The van der Waals surface area contributed by atoms with Gasteiger partial charge in [-0.15, -0.1) is 0 Å². The second-order valence-electron chi connectivity index (χ2n) is 3.95. The van der Waals surface area contributed by atoms with Crippen molar-refractivity contribution in [1.82, 2.24) is 4.98 Å². The molecule has 0 fully saturated rings. The number of halogens is 1. The van der Waals surface area contributed by atoms with Gasteiger partial charge in [0, 0.05) is 11.1 Å². The van der Waals surface area contributed by atoms with Crippen molar-refractivity contribution in [2.75, 3.05) is 0 Å². The van der Waals surface area contributed by atoms with Crippen LogP contribution in [0, 0.1) is 12.7 Å². The van der Waals surface area contributed by atoms with Gasteiger partial charge in [0.2, 0.25) is 0 Å². The number of benzene rings is 1. The van der Waals surface area contributed by atoms with Gasteiger partial charge in [-0.25, -0.2) is 4.39 Å². The summed E-state index contributed by atoms with van der Waals surface area (Å²) in [5, 5.41) is 0. The topological polar surface area (TPSA) is 30.0 Å². The quantitative estimate of drug-likeness (QED) is 0.739. The molecule has 0 radical (unpaired) electrons. The Bertz CT molecular complexity index is 561. The number of aromatic nitrogens is 1. The molecule has 3 heteroatoms. The summed E-state index contributed by atoms with van der Waals surface area (Å²) in [7, 11) is 0. The summed E-state index contributed by atoms with van der Waals surface area (Å²) >= 11 is 0. The number of aryl methyl sites for hydroxylation is 1. The minimum Gasteiger partial charge on any atom is -0.295 e. The predicted octanol–water partition coefficient (Wildman–Crippen LogP) is 3.40. The molecule has 0 atom stereocenters. The molecule has 0 aliphatic heterocycles. The molecule has 0 unspecified atom stereocenters. The number of pyridine rings is 1. The Morgan fingerprint density at radius 2 is 2.00 bits per heavy atom. The molecule has 0 N–H and O–H groups in total. The van der Waals surface area contributed by atoms with Crippen molar-refractivity contribution in [3.05, 3.63) is 53.5 Å². The van der Waals surface area contributed by atoms with Crippen molar-refractivity contribution in [1.29, 1.82) is 0 Å². The number of carbonyl (C=O) groups excluding carboxylic acids is 1. The van der Waals surface area contributed by atoms with Crippen LogP contribution < -0.4 is 0 Å². The van der Waals surface area contributed by atoms with E-state index in [-0.39, 0.29) is 11.6 Å². The SMILES string of the molecule is CC(=O)c1ccc(-c2ccc(F)cn2)c(C)c1. The van der Waals surface area contributed by atoms with E-state index in [4.69, 9.17) is 0 Å². The first kappa shape index (κ1) is 11.5. The average Bonchev–Trinajstić information content (AvgIpc) is 2.30. The van der Waals surface area contributed by atoms with Crippen LogP contribution in [-0.2, 0) is 0 Å². The first-order chi connectivity index (χ1) is 8.08. The van der Waals surface area contributed by atoms with Gasteiger partial charge in [0.25, 0.3) is 0 Å². The van der Waals surface area contributed by atoms with E-state index in [0.29, 0.717) is 11.3 Å². The summed E-state index contributed by atoms with van der Waals surface area (Å²) in [5.41, 5.74) is 3.25. The largest absolute Gasteiger partial charge is 0.295 e. The molecule has 86 valence electrons. The first-order valence-electron chi connectivity index (χ1n) is 5.31. The molecule has 2 aromatic rings. The van der Waals surface area contributed by atoms with Crippen LogP contribution in [0.15, 0.2) is 36.5 Å². The number of Topliss-reactive ketones (excluding diaryl/α,β-unsaturated/α-hetero) is 1. The Morgan fingerprint density at radius 1 is 1.24 bits per heavy atom. The number of carbonyl (C=O) groups is 1. The van der Waals surface area contributed by atoms with Crippen molar-refractivity contribution in [2.24, 2.45) is 0 Å². The number of rotatable bonds is 2. The van der Waals surface area contributed by atoms with E-state index in [0.717, 1.165) is 11.1 Å². The van der Waals surface area contributed by atoms with Crippen molar-refractivity contribution < 1.29 is 9.18 Å². The van der Waals surface area contributed by atoms with E-state index in [1.807, 2.05) is 19.1 Å². The third-order valence-corrected chi connectivity index (χ3v) is 2.64. The molecule has 1 aromatic carbocycles. The fraction of sp³-hybridized carbons (Fsp3) is 0.143. The highest BCUT2D eigenvalue weighted by molar-refractivity contribution is 5.94. The van der Waals surface area contributed by atoms with Crippen LogP contribution in [0.2, 0.25) is 0 Å². The van der Waals surface area contributed by atoms with Gasteiger partial charge in [0.05, 0.1) is 11.9 Å². The van der Waals surface area contributed by atoms with Gasteiger partial charge in [0.1, 0.15) is 5.82 Å². The molecule has 2 nitrogen and oxygen atoms in total. The van der Waals surface area contributed by atoms with Crippen LogP contribution in [0.25, 0.3) is 11.3 Å². The minimum atomic E-state index is -0.355. The van der Waals surface area contributed by atoms with Crippen molar-refractivity contribution in [2.45, 2.75) is 13.8 Å². The Balaban J connectivity index is 2.46. The Morgan fingerprint density at radius 3 is 2.53 bits per heavy atom. The van der Waals surface area contributed by atoms with Gasteiger partial charge in [-0.2, -0.15) is 0 Å². The zero-order valence-electron chi connectivity index (χ0n) is 9.70. The predicted molar refractivity (Wildman–Crippen MR) is 64.4 cm³/mol. The maximum absolute atomic E-state index is 12.8. The lowest BCUT2D eigenvalue weighted by Crippen LogP contribution is -1.94. The van der Waals surface area contributed by atoms with E-state index < -0.39 is 0 Å². The molecule has 1 heterocycles. The Kier molecular flexibility index (Phi) is 3.00. The van der Waals surface area contributed by atoms with Crippen LogP contribution in [0.1, 0.15) is 22.8 Å². The number of hydrogen-bond acceptors (Lipinski definition) is 2. The van der Waals surface area contributed by atoms with Gasteiger partial charge >= 0.3 is 0 Å². The Hall–Kier alpha value is -2.03. The van der Waals surface area contributed by atoms with Crippen molar-refractivity contribution in [3.63, 3.8) is 0 Å². The molecule has 0 saturated carbocycles. The molecule has 17 heavy (non-hydrogen) atoms. The Labute approximate surface area is 99.1 Å². The van der Waals surface area contributed by atoms with Gasteiger partial charge < -0.3 is 0 Å². The molecule has 0 spiro atoms. The van der Waals surface area contributed by atoms with Gasteiger partial charge in [0.15, 0.2) is 5.78 Å². The molecule has 0 saturated heterocycles. The third kappa shape index (κ3) is 2.38. The molecular formula is C14H12FNO. The lowest BCUT2D eigenvalue weighted by atomic mass is 10.0. The number of nitrogens with zero attached hydrogens (tertiary/aromatic N) is 1. The molecule has 0 bridgehead atoms. The summed E-state index contributed by atoms with van der Waals surface area (Å²) in [5.74, 6) is -0.321. The lowest BCUT2D eigenvalue weighted by Gasteiger charge is -2.06. The van der Waals surface area contributed by atoms with Crippen LogP contribution in [0.3, 0.4) is 0 Å². The summed E-state index contributed by atoms with van der Waals surface area (Å²) in [4.78, 5) is 15.2. The van der Waals surface area contributed by atoms with Gasteiger partial charge in [-0.3, -0.25) is 9.78 Å². The molecular weight excluding hydrogens is 217 g/mol. The highest BCUT2D eigenvalue weighted by Gasteiger charge is 2.06. The molecule has 0 aliphatic rings. The van der Waals surface area contributed by atoms with E-state index in [2.05, 4.69) is 4.98 Å². The lowest BCUT2D eigenvalue weighted by molar-refractivity contribution is 0.101. The fourth-order valence-electron chi connectivity index (χ4n) is 1.71. The maximum atomic E-state index is 12.8. The van der Waals surface area contributed by atoms with Crippen LogP contribution in [0.5, 0.6) is 0 Å². The van der Waals surface area contributed by atoms with Crippen molar-refractivity contribution in [3.8, 4) is 11.3 Å². The van der Waals surface area contributed by atoms with E-state index in [9.17, 15) is 9.18 Å². The molecule has 1 aromatic heterocycles. The highest BCUT2D eigenvalue weighted by atomic mass is 19.1. The second kappa shape index (κ2) is 4.45. The van der Waals surface area contributed by atoms with Crippen LogP contribution >= 0.6 is 0 Å².